The predicted molar refractivity (Wildman–Crippen MR) is 105 cm³/mol. The summed E-state index contributed by atoms with van der Waals surface area (Å²) < 4.78 is 8.16. The van der Waals surface area contributed by atoms with Crippen LogP contribution in [0.4, 0.5) is 5.69 Å². The molecule has 0 N–H and O–H groups in total. The Balaban J connectivity index is 1.74. The SMILES string of the molecule is COc1cccc2sc(=NC(=O)c3cccc(N4C(=O)CCC4=O)c3)n(C)c12. The number of ether oxygens (including phenoxy) is 1. The minimum Gasteiger partial charge on any atom is -0.495 e. The molecule has 142 valence electrons. The molecule has 0 radical (unpaired) electrons. The van der Waals surface area contributed by atoms with Crippen molar-refractivity contribution in [3.05, 3.63) is 52.8 Å². The van der Waals surface area contributed by atoms with Gasteiger partial charge in [-0.3, -0.25) is 19.3 Å². The predicted octanol–water partition coefficient (Wildman–Crippen LogP) is 2.64. The molecule has 1 aliphatic heterocycles. The largest absolute Gasteiger partial charge is 0.495 e. The van der Waals surface area contributed by atoms with E-state index in [0.29, 0.717) is 21.8 Å². The number of para-hydroxylation sites is 1. The number of methoxy groups -OCH3 is 1. The van der Waals surface area contributed by atoms with Gasteiger partial charge in [-0.15, -0.1) is 0 Å². The molecule has 1 aromatic heterocycles. The van der Waals surface area contributed by atoms with Gasteiger partial charge in [0.05, 0.1) is 17.5 Å². The highest BCUT2D eigenvalue weighted by molar-refractivity contribution is 7.16. The lowest BCUT2D eigenvalue weighted by Crippen LogP contribution is -2.28. The molecule has 28 heavy (non-hydrogen) atoms. The van der Waals surface area contributed by atoms with E-state index in [1.165, 1.54) is 17.4 Å². The Bertz CT molecular complexity index is 1180. The molecule has 2 heterocycles. The van der Waals surface area contributed by atoms with Crippen LogP contribution >= 0.6 is 11.3 Å². The number of nitrogens with zero attached hydrogens (tertiary/aromatic N) is 3. The number of imide groups is 1. The van der Waals surface area contributed by atoms with Gasteiger partial charge in [0, 0.05) is 25.5 Å². The first-order valence-electron chi connectivity index (χ1n) is 8.67. The molecule has 0 saturated carbocycles. The lowest BCUT2D eigenvalue weighted by Gasteiger charge is -2.14. The summed E-state index contributed by atoms with van der Waals surface area (Å²) in [5.74, 6) is -0.246. The molecule has 7 nitrogen and oxygen atoms in total. The Kier molecular flexibility index (Phi) is 4.56. The van der Waals surface area contributed by atoms with E-state index < -0.39 is 5.91 Å². The number of aryl methyl sites for hydroxylation is 1. The number of hydrogen-bond donors (Lipinski definition) is 0. The van der Waals surface area contributed by atoms with Gasteiger partial charge < -0.3 is 9.30 Å². The van der Waals surface area contributed by atoms with Gasteiger partial charge in [0.15, 0.2) is 4.80 Å². The quantitative estimate of drug-likeness (QED) is 0.639. The summed E-state index contributed by atoms with van der Waals surface area (Å²) in [5, 5.41) is 0. The molecule has 0 unspecified atom stereocenters. The molecule has 0 atom stereocenters. The van der Waals surface area contributed by atoms with E-state index in [2.05, 4.69) is 4.99 Å². The van der Waals surface area contributed by atoms with Gasteiger partial charge in [-0.25, -0.2) is 0 Å². The molecular weight excluding hydrogens is 378 g/mol. The summed E-state index contributed by atoms with van der Waals surface area (Å²) in [5.41, 5.74) is 1.58. The van der Waals surface area contributed by atoms with Crippen molar-refractivity contribution in [1.29, 1.82) is 0 Å². The minimum atomic E-state index is -0.443. The number of carbonyl (C=O) groups excluding carboxylic acids is 3. The van der Waals surface area contributed by atoms with Gasteiger partial charge in [-0.2, -0.15) is 4.99 Å². The Morgan fingerprint density at radius 2 is 1.82 bits per heavy atom. The summed E-state index contributed by atoms with van der Waals surface area (Å²) in [7, 11) is 3.42. The van der Waals surface area contributed by atoms with Gasteiger partial charge >= 0.3 is 0 Å². The van der Waals surface area contributed by atoms with Crippen molar-refractivity contribution in [1.82, 2.24) is 4.57 Å². The number of fused-ring (bicyclic) bond motifs is 1. The minimum absolute atomic E-state index is 0.195. The van der Waals surface area contributed by atoms with Crippen LogP contribution in [0.25, 0.3) is 10.2 Å². The van der Waals surface area contributed by atoms with Crippen molar-refractivity contribution in [2.45, 2.75) is 12.8 Å². The van der Waals surface area contributed by atoms with Gasteiger partial charge in [0.25, 0.3) is 5.91 Å². The summed E-state index contributed by atoms with van der Waals surface area (Å²) in [6, 6.07) is 12.1. The van der Waals surface area contributed by atoms with Crippen molar-refractivity contribution in [3.63, 3.8) is 0 Å². The van der Waals surface area contributed by atoms with E-state index >= 15 is 0 Å². The number of aromatic nitrogens is 1. The summed E-state index contributed by atoms with van der Waals surface area (Å²) in [6.45, 7) is 0. The van der Waals surface area contributed by atoms with Crippen LogP contribution < -0.4 is 14.4 Å². The van der Waals surface area contributed by atoms with Crippen LogP contribution in [0.3, 0.4) is 0 Å². The van der Waals surface area contributed by atoms with E-state index in [-0.39, 0.29) is 24.7 Å². The number of benzene rings is 2. The molecule has 1 fully saturated rings. The zero-order valence-electron chi connectivity index (χ0n) is 15.3. The van der Waals surface area contributed by atoms with Gasteiger partial charge in [-0.1, -0.05) is 23.5 Å². The van der Waals surface area contributed by atoms with Crippen LogP contribution in [0.5, 0.6) is 5.75 Å². The van der Waals surface area contributed by atoms with Crippen molar-refractivity contribution >= 4 is 45.0 Å². The third-order valence-corrected chi connectivity index (χ3v) is 5.70. The van der Waals surface area contributed by atoms with Gasteiger partial charge in [0.1, 0.15) is 11.3 Å². The molecular formula is C20H17N3O4S. The lowest BCUT2D eigenvalue weighted by molar-refractivity contribution is -0.121. The Labute approximate surface area is 164 Å². The summed E-state index contributed by atoms with van der Waals surface area (Å²) >= 11 is 1.38. The average molecular weight is 395 g/mol. The van der Waals surface area contributed by atoms with Gasteiger partial charge in [0.2, 0.25) is 11.8 Å². The van der Waals surface area contributed by atoms with Crippen molar-refractivity contribution in [3.8, 4) is 5.75 Å². The molecule has 0 aliphatic carbocycles. The molecule has 2 aromatic carbocycles. The highest BCUT2D eigenvalue weighted by atomic mass is 32.1. The number of rotatable bonds is 3. The molecule has 3 amide bonds. The first-order chi connectivity index (χ1) is 13.5. The Morgan fingerprint density at radius 1 is 1.11 bits per heavy atom. The molecule has 8 heteroatoms. The molecule has 3 aromatic rings. The van der Waals surface area contributed by atoms with Gasteiger partial charge in [-0.05, 0) is 30.3 Å². The van der Waals surface area contributed by atoms with Crippen LogP contribution in [0, 0.1) is 0 Å². The van der Waals surface area contributed by atoms with Crippen LogP contribution in [0.1, 0.15) is 23.2 Å². The molecule has 4 rings (SSSR count). The third-order valence-electron chi connectivity index (χ3n) is 4.61. The smallest absolute Gasteiger partial charge is 0.279 e. The number of thiazole rings is 1. The molecule has 1 aliphatic rings. The van der Waals surface area contributed by atoms with Crippen molar-refractivity contribution in [2.24, 2.45) is 12.0 Å². The lowest BCUT2D eigenvalue weighted by atomic mass is 10.2. The average Bonchev–Trinajstić information content (AvgIpc) is 3.20. The second-order valence-corrected chi connectivity index (χ2v) is 7.35. The zero-order chi connectivity index (χ0) is 19.8. The topological polar surface area (TPSA) is 81.0 Å². The second kappa shape index (κ2) is 7.05. The van der Waals surface area contributed by atoms with E-state index in [9.17, 15) is 14.4 Å². The Hall–Kier alpha value is -3.26. The molecule has 0 bridgehead atoms. The second-order valence-electron chi connectivity index (χ2n) is 6.34. The third kappa shape index (κ3) is 3.01. The van der Waals surface area contributed by atoms with Crippen molar-refractivity contribution in [2.75, 3.05) is 12.0 Å². The maximum absolute atomic E-state index is 12.7. The fraction of sp³-hybridized carbons (Fsp3) is 0.200. The number of hydrogen-bond acceptors (Lipinski definition) is 5. The summed E-state index contributed by atoms with van der Waals surface area (Å²) in [4.78, 5) is 42.5. The number of carbonyl (C=O) groups is 3. The van der Waals surface area contributed by atoms with Crippen LogP contribution in [-0.4, -0.2) is 29.4 Å². The normalized spacial score (nSPS) is 14.9. The van der Waals surface area contributed by atoms with Crippen LogP contribution in [0.15, 0.2) is 47.5 Å². The maximum Gasteiger partial charge on any atom is 0.279 e. The fourth-order valence-corrected chi connectivity index (χ4v) is 4.27. The molecule has 1 saturated heterocycles. The fourth-order valence-electron chi connectivity index (χ4n) is 3.23. The number of amides is 3. The maximum atomic E-state index is 12.7. The molecule has 0 spiro atoms. The summed E-state index contributed by atoms with van der Waals surface area (Å²) in [6.07, 6.45) is 0.391. The standard InChI is InChI=1S/C20H17N3O4S/c1-22-18-14(27-2)7-4-8-15(18)28-20(22)21-19(26)12-5-3-6-13(11-12)23-16(24)9-10-17(23)25/h3-8,11H,9-10H2,1-2H3. The first kappa shape index (κ1) is 18.1. The van der Waals surface area contributed by atoms with E-state index in [4.69, 9.17) is 4.74 Å². The Morgan fingerprint density at radius 3 is 2.54 bits per heavy atom. The van der Waals surface area contributed by atoms with Crippen LogP contribution in [-0.2, 0) is 16.6 Å². The highest BCUT2D eigenvalue weighted by Crippen LogP contribution is 2.27. The monoisotopic (exact) mass is 395 g/mol. The highest BCUT2D eigenvalue weighted by Gasteiger charge is 2.30. The van der Waals surface area contributed by atoms with E-state index in [1.807, 2.05) is 29.8 Å². The van der Waals surface area contributed by atoms with E-state index in [0.717, 1.165) is 15.1 Å². The van der Waals surface area contributed by atoms with E-state index in [1.54, 1.807) is 25.3 Å². The van der Waals surface area contributed by atoms with Crippen LogP contribution in [0.2, 0.25) is 0 Å². The number of anilines is 1. The zero-order valence-corrected chi connectivity index (χ0v) is 16.2. The first-order valence-corrected chi connectivity index (χ1v) is 9.48. The van der Waals surface area contributed by atoms with Crippen molar-refractivity contribution < 1.29 is 19.1 Å².